The van der Waals surface area contributed by atoms with Crippen LogP contribution in [0.5, 0.6) is 0 Å². The molecule has 0 aliphatic heterocycles. The third-order valence-electron chi connectivity index (χ3n) is 2.90. The highest BCUT2D eigenvalue weighted by Crippen LogP contribution is 2.24. The summed E-state index contributed by atoms with van der Waals surface area (Å²) in [6.07, 6.45) is 2.42. The first-order chi connectivity index (χ1) is 10.1. The summed E-state index contributed by atoms with van der Waals surface area (Å²) < 4.78 is 9.81. The second-order valence-corrected chi connectivity index (χ2v) is 5.28. The van der Waals surface area contributed by atoms with Gasteiger partial charge in [-0.2, -0.15) is 0 Å². The van der Waals surface area contributed by atoms with E-state index in [4.69, 9.17) is 4.42 Å². The van der Waals surface area contributed by atoms with Crippen LogP contribution < -0.4 is 0 Å². The number of thiazole rings is 1. The number of hydrogen-bond acceptors (Lipinski definition) is 6. The maximum Gasteiger partial charge on any atom is 0.305 e. The van der Waals surface area contributed by atoms with Crippen LogP contribution in [0.2, 0.25) is 0 Å². The number of aromatic nitrogens is 1. The van der Waals surface area contributed by atoms with Crippen LogP contribution in [0.4, 0.5) is 0 Å². The van der Waals surface area contributed by atoms with Crippen LogP contribution in [0.3, 0.4) is 0 Å². The highest BCUT2D eigenvalue weighted by Gasteiger charge is 2.17. The molecule has 0 atom stereocenters. The van der Waals surface area contributed by atoms with Crippen LogP contribution in [-0.2, 0) is 9.53 Å². The van der Waals surface area contributed by atoms with E-state index in [0.717, 1.165) is 0 Å². The maximum atomic E-state index is 12.2. The first-order valence-electron chi connectivity index (χ1n) is 6.43. The third kappa shape index (κ3) is 3.91. The van der Waals surface area contributed by atoms with Crippen LogP contribution in [0.25, 0.3) is 10.8 Å². The van der Waals surface area contributed by atoms with E-state index in [-0.39, 0.29) is 11.9 Å². The molecule has 0 fully saturated rings. The van der Waals surface area contributed by atoms with Crippen molar-refractivity contribution in [1.82, 2.24) is 9.88 Å². The molecule has 1 amide bonds. The number of furan rings is 1. The molecule has 0 N–H and O–H groups in total. The number of hydrogen-bond donors (Lipinski definition) is 0. The lowest BCUT2D eigenvalue weighted by atomic mass is 10.3. The van der Waals surface area contributed by atoms with Gasteiger partial charge >= 0.3 is 5.97 Å². The Labute approximate surface area is 126 Å². The maximum absolute atomic E-state index is 12.2. The van der Waals surface area contributed by atoms with Crippen molar-refractivity contribution in [1.29, 1.82) is 0 Å². The Hall–Kier alpha value is -2.15. The van der Waals surface area contributed by atoms with Crippen molar-refractivity contribution in [2.45, 2.75) is 12.8 Å². The lowest BCUT2D eigenvalue weighted by Crippen LogP contribution is -2.28. The molecule has 2 aromatic rings. The van der Waals surface area contributed by atoms with Crippen molar-refractivity contribution < 1.29 is 18.7 Å². The van der Waals surface area contributed by atoms with E-state index in [1.165, 1.54) is 18.4 Å². The first kappa shape index (κ1) is 15.2. The van der Waals surface area contributed by atoms with Gasteiger partial charge < -0.3 is 14.1 Å². The number of ether oxygens (including phenoxy) is 1. The number of carbonyl (C=O) groups excluding carboxylic acids is 2. The molecule has 2 heterocycles. The Morgan fingerprint density at radius 2 is 2.29 bits per heavy atom. The molecule has 0 saturated carbocycles. The Bertz CT molecular complexity index is 606. The number of esters is 1. The quantitative estimate of drug-likeness (QED) is 0.766. The van der Waals surface area contributed by atoms with Crippen molar-refractivity contribution in [3.05, 3.63) is 29.5 Å². The van der Waals surface area contributed by atoms with E-state index in [2.05, 4.69) is 9.72 Å². The number of rotatable bonds is 6. The average Bonchev–Trinajstić information content (AvgIpc) is 3.16. The monoisotopic (exact) mass is 308 g/mol. The summed E-state index contributed by atoms with van der Waals surface area (Å²) in [5.74, 6) is 0.200. The van der Waals surface area contributed by atoms with E-state index in [1.807, 2.05) is 0 Å². The zero-order chi connectivity index (χ0) is 15.2. The van der Waals surface area contributed by atoms with Gasteiger partial charge in [-0.05, 0) is 18.6 Å². The van der Waals surface area contributed by atoms with Gasteiger partial charge in [-0.15, -0.1) is 11.3 Å². The molecule has 0 unspecified atom stereocenters. The van der Waals surface area contributed by atoms with E-state index in [1.54, 1.807) is 35.7 Å². The highest BCUT2D eigenvalue weighted by atomic mass is 32.1. The van der Waals surface area contributed by atoms with Gasteiger partial charge in [-0.25, -0.2) is 4.98 Å². The van der Waals surface area contributed by atoms with Crippen LogP contribution in [-0.4, -0.2) is 42.5 Å². The van der Waals surface area contributed by atoms with Crippen molar-refractivity contribution in [3.63, 3.8) is 0 Å². The van der Waals surface area contributed by atoms with Gasteiger partial charge in [-0.3, -0.25) is 9.59 Å². The lowest BCUT2D eigenvalue weighted by Gasteiger charge is -2.15. The average molecular weight is 308 g/mol. The zero-order valence-electron chi connectivity index (χ0n) is 11.9. The predicted molar refractivity (Wildman–Crippen MR) is 78.0 cm³/mol. The van der Waals surface area contributed by atoms with E-state index in [0.29, 0.717) is 35.8 Å². The fourth-order valence-electron chi connectivity index (χ4n) is 1.75. The van der Waals surface area contributed by atoms with Gasteiger partial charge in [-0.1, -0.05) is 0 Å². The summed E-state index contributed by atoms with van der Waals surface area (Å²) in [6.45, 7) is 0.474. The molecule has 0 aromatic carbocycles. The van der Waals surface area contributed by atoms with Gasteiger partial charge in [0, 0.05) is 25.4 Å². The largest absolute Gasteiger partial charge is 0.469 e. The van der Waals surface area contributed by atoms with E-state index in [9.17, 15) is 9.59 Å². The molecule has 0 bridgehead atoms. The molecule has 21 heavy (non-hydrogen) atoms. The summed E-state index contributed by atoms with van der Waals surface area (Å²) in [7, 11) is 3.04. The normalized spacial score (nSPS) is 10.4. The van der Waals surface area contributed by atoms with Crippen LogP contribution in [0.15, 0.2) is 28.2 Å². The fraction of sp³-hybridized carbons (Fsp3) is 0.357. The molecule has 0 aliphatic rings. The smallest absolute Gasteiger partial charge is 0.305 e. The van der Waals surface area contributed by atoms with Crippen molar-refractivity contribution in [3.8, 4) is 10.8 Å². The Balaban J connectivity index is 1.92. The molecule has 0 saturated heterocycles. The minimum atomic E-state index is -0.274. The molecular formula is C14H16N2O4S. The molecule has 2 aromatic heterocycles. The van der Waals surface area contributed by atoms with Gasteiger partial charge in [0.1, 0.15) is 5.69 Å². The zero-order valence-corrected chi connectivity index (χ0v) is 12.7. The van der Waals surface area contributed by atoms with Gasteiger partial charge in [0.2, 0.25) is 0 Å². The number of amides is 1. The second kappa shape index (κ2) is 7.03. The molecular weight excluding hydrogens is 292 g/mol. The molecule has 7 heteroatoms. The third-order valence-corrected chi connectivity index (χ3v) is 3.76. The van der Waals surface area contributed by atoms with Crippen molar-refractivity contribution in [2.24, 2.45) is 0 Å². The summed E-state index contributed by atoms with van der Waals surface area (Å²) in [6, 6.07) is 3.57. The molecule has 2 rings (SSSR count). The Morgan fingerprint density at radius 1 is 1.48 bits per heavy atom. The van der Waals surface area contributed by atoms with E-state index >= 15 is 0 Å². The molecule has 0 spiro atoms. The summed E-state index contributed by atoms with van der Waals surface area (Å²) in [5, 5.41) is 2.38. The summed E-state index contributed by atoms with van der Waals surface area (Å²) in [5.41, 5.74) is 0.381. The Kier molecular flexibility index (Phi) is 5.10. The van der Waals surface area contributed by atoms with Crippen molar-refractivity contribution >= 4 is 23.2 Å². The first-order valence-corrected chi connectivity index (χ1v) is 7.31. The predicted octanol–water partition coefficient (Wildman–Crippen LogP) is 2.43. The SMILES string of the molecule is COC(=O)CCCN(C)C(=O)c1csc(-c2ccco2)n1. The van der Waals surface area contributed by atoms with E-state index < -0.39 is 0 Å². The second-order valence-electron chi connectivity index (χ2n) is 4.42. The topological polar surface area (TPSA) is 72.6 Å². The molecule has 0 aliphatic carbocycles. The minimum absolute atomic E-state index is 0.172. The van der Waals surface area contributed by atoms with Crippen molar-refractivity contribution in [2.75, 3.05) is 20.7 Å². The number of carbonyl (C=O) groups is 2. The highest BCUT2D eigenvalue weighted by molar-refractivity contribution is 7.13. The number of methoxy groups -OCH3 is 1. The van der Waals surface area contributed by atoms with Crippen LogP contribution in [0.1, 0.15) is 23.3 Å². The van der Waals surface area contributed by atoms with Gasteiger partial charge in [0.25, 0.3) is 5.91 Å². The van der Waals surface area contributed by atoms with Crippen LogP contribution in [0, 0.1) is 0 Å². The molecule has 6 nitrogen and oxygen atoms in total. The van der Waals surface area contributed by atoms with Gasteiger partial charge in [0.05, 0.1) is 13.4 Å². The fourth-order valence-corrected chi connectivity index (χ4v) is 2.51. The van der Waals surface area contributed by atoms with Gasteiger partial charge in [0.15, 0.2) is 10.8 Å². The standard InChI is InChI=1S/C14H16N2O4S/c1-16(7-3-6-12(17)19-2)14(18)10-9-21-13(15-10)11-5-4-8-20-11/h4-5,8-9H,3,6-7H2,1-2H3. The minimum Gasteiger partial charge on any atom is -0.469 e. The molecule has 112 valence electrons. The Morgan fingerprint density at radius 3 is 2.95 bits per heavy atom. The summed E-state index contributed by atoms with van der Waals surface area (Å²) >= 11 is 1.36. The van der Waals surface area contributed by atoms with Crippen LogP contribution >= 0.6 is 11.3 Å². The number of nitrogens with zero attached hydrogens (tertiary/aromatic N) is 2. The summed E-state index contributed by atoms with van der Waals surface area (Å²) in [4.78, 5) is 29.0. The lowest BCUT2D eigenvalue weighted by molar-refractivity contribution is -0.140. The molecule has 0 radical (unpaired) electrons.